The van der Waals surface area contributed by atoms with Crippen molar-refractivity contribution in [3.8, 4) is 0 Å². The number of aliphatic hydroxyl groups excluding tert-OH is 1. The molecule has 2 fully saturated rings. The van der Waals surface area contributed by atoms with Crippen molar-refractivity contribution >= 4 is 11.9 Å². The zero-order valence-electron chi connectivity index (χ0n) is 22.5. The van der Waals surface area contributed by atoms with E-state index in [1.54, 1.807) is 13.8 Å². The van der Waals surface area contributed by atoms with E-state index in [-0.39, 0.29) is 30.8 Å². The summed E-state index contributed by atoms with van der Waals surface area (Å²) in [5, 5.41) is 22.7. The Kier molecular flexibility index (Phi) is 10.3. The van der Waals surface area contributed by atoms with Crippen molar-refractivity contribution in [1.29, 1.82) is 0 Å². The first-order valence-electron chi connectivity index (χ1n) is 13.6. The second kappa shape index (κ2) is 13.0. The van der Waals surface area contributed by atoms with Gasteiger partial charge in [0, 0.05) is 5.92 Å². The van der Waals surface area contributed by atoms with E-state index in [1.165, 1.54) is 12.8 Å². The lowest BCUT2D eigenvalue weighted by molar-refractivity contribution is -0.164. The molecule has 0 bridgehead atoms. The Morgan fingerprint density at radius 3 is 2.33 bits per heavy atom. The topological polar surface area (TPSA) is 105 Å². The minimum absolute atomic E-state index is 0.0214. The number of rotatable bonds is 10. The largest absolute Gasteiger partial charge is 0.480 e. The first-order valence-corrected chi connectivity index (χ1v) is 13.6. The van der Waals surface area contributed by atoms with Gasteiger partial charge < -0.3 is 25.0 Å². The molecule has 3 N–H and O–H groups in total. The highest BCUT2D eigenvalue weighted by Crippen LogP contribution is 2.46. The highest BCUT2D eigenvalue weighted by Gasteiger charge is 2.43. The van der Waals surface area contributed by atoms with Gasteiger partial charge in [-0.15, -0.1) is 0 Å². The molecule has 8 atom stereocenters. The van der Waals surface area contributed by atoms with E-state index in [1.807, 2.05) is 24.3 Å². The Labute approximate surface area is 216 Å². The van der Waals surface area contributed by atoms with Gasteiger partial charge in [-0.3, -0.25) is 4.79 Å². The first-order chi connectivity index (χ1) is 17.1. The average Bonchev–Trinajstić information content (AvgIpc) is 3.03. The summed E-state index contributed by atoms with van der Waals surface area (Å²) in [7, 11) is 0. The number of carbonyl (C=O) groups excluding carboxylic acids is 1. The number of amides is 1. The van der Waals surface area contributed by atoms with Crippen molar-refractivity contribution in [3.63, 3.8) is 0 Å². The zero-order valence-corrected chi connectivity index (χ0v) is 22.5. The molecular weight excluding hydrogens is 458 g/mol. The summed E-state index contributed by atoms with van der Waals surface area (Å²) in [6.45, 7) is 11.2. The maximum atomic E-state index is 12.3. The Morgan fingerprint density at radius 1 is 1.03 bits per heavy atom. The predicted octanol–water partition coefficient (Wildman–Crippen LogP) is 4.40. The smallest absolute Gasteiger partial charge is 0.326 e. The number of carboxylic acids is 1. The molecule has 1 aromatic carbocycles. The van der Waals surface area contributed by atoms with Crippen LogP contribution in [-0.4, -0.2) is 47.1 Å². The van der Waals surface area contributed by atoms with Gasteiger partial charge in [0.15, 0.2) is 6.29 Å². The third kappa shape index (κ3) is 7.53. The van der Waals surface area contributed by atoms with E-state index in [4.69, 9.17) is 9.47 Å². The standard InChI is InChI=1S/C29H45NO6/c1-17(2)27(28(32)33)30-26(31)14-21-8-10-22(11-9-21)15-36-29(34)20(5)24-12-6-18(3)23-13-7-19(4)35-16-25(23)24/h8-11,17-20,23-25,27,29,34H,6-7,12-16H2,1-5H3,(H,30,31)(H,32,33)/t18-,19?,20-,23+,24+,25?,27+,29-/m1/s1. The molecule has 2 unspecified atom stereocenters. The number of hydrogen-bond donors (Lipinski definition) is 3. The number of fused-ring (bicyclic) bond motifs is 1. The molecule has 202 valence electrons. The van der Waals surface area contributed by atoms with Crippen molar-refractivity contribution in [2.45, 2.75) is 91.8 Å². The molecule has 1 amide bonds. The van der Waals surface area contributed by atoms with Crippen LogP contribution in [-0.2, 0) is 32.1 Å². The van der Waals surface area contributed by atoms with Crippen molar-refractivity contribution in [1.82, 2.24) is 5.32 Å². The molecular formula is C29H45NO6. The van der Waals surface area contributed by atoms with Gasteiger partial charge in [0.25, 0.3) is 0 Å². The number of aliphatic carboxylic acids is 1. The van der Waals surface area contributed by atoms with E-state index in [0.29, 0.717) is 29.8 Å². The second-order valence-corrected chi connectivity index (χ2v) is 11.4. The number of aliphatic hydroxyl groups is 1. The summed E-state index contributed by atoms with van der Waals surface area (Å²) < 4.78 is 12.0. The van der Waals surface area contributed by atoms with Crippen LogP contribution >= 0.6 is 0 Å². The van der Waals surface area contributed by atoms with Crippen molar-refractivity contribution in [2.24, 2.45) is 35.5 Å². The van der Waals surface area contributed by atoms with E-state index in [0.717, 1.165) is 30.6 Å². The molecule has 7 heteroatoms. The Balaban J connectivity index is 1.51. The summed E-state index contributed by atoms with van der Waals surface area (Å²) in [6, 6.07) is 6.56. The van der Waals surface area contributed by atoms with Crippen LogP contribution in [0.25, 0.3) is 0 Å². The van der Waals surface area contributed by atoms with Crippen LogP contribution < -0.4 is 5.32 Å². The monoisotopic (exact) mass is 503 g/mol. The van der Waals surface area contributed by atoms with Crippen LogP contribution in [0, 0.1) is 35.5 Å². The molecule has 1 heterocycles. The maximum absolute atomic E-state index is 12.3. The fourth-order valence-electron chi connectivity index (χ4n) is 6.03. The summed E-state index contributed by atoms with van der Waals surface area (Å²) in [5.74, 6) is 0.682. The maximum Gasteiger partial charge on any atom is 0.326 e. The van der Waals surface area contributed by atoms with Gasteiger partial charge in [0.2, 0.25) is 5.91 Å². The van der Waals surface area contributed by atoms with Crippen LogP contribution in [0.1, 0.15) is 71.4 Å². The number of carbonyl (C=O) groups is 2. The number of hydrogen-bond acceptors (Lipinski definition) is 5. The minimum Gasteiger partial charge on any atom is -0.480 e. The highest BCUT2D eigenvalue weighted by atomic mass is 16.6. The fourth-order valence-corrected chi connectivity index (χ4v) is 6.03. The molecule has 1 saturated carbocycles. The molecule has 1 aliphatic heterocycles. The van der Waals surface area contributed by atoms with Crippen LogP contribution in [0.4, 0.5) is 0 Å². The minimum atomic E-state index is -1.03. The number of ether oxygens (including phenoxy) is 2. The van der Waals surface area contributed by atoms with E-state index in [2.05, 4.69) is 26.1 Å². The predicted molar refractivity (Wildman–Crippen MR) is 138 cm³/mol. The van der Waals surface area contributed by atoms with Crippen LogP contribution in [0.2, 0.25) is 0 Å². The van der Waals surface area contributed by atoms with Crippen molar-refractivity contribution in [3.05, 3.63) is 35.4 Å². The van der Waals surface area contributed by atoms with E-state index < -0.39 is 18.3 Å². The van der Waals surface area contributed by atoms with Crippen LogP contribution in [0.5, 0.6) is 0 Å². The molecule has 1 saturated heterocycles. The average molecular weight is 504 g/mol. The highest BCUT2D eigenvalue weighted by molar-refractivity contribution is 5.85. The molecule has 1 aliphatic carbocycles. The van der Waals surface area contributed by atoms with Gasteiger partial charge in [-0.25, -0.2) is 4.79 Å². The van der Waals surface area contributed by atoms with Crippen molar-refractivity contribution < 1.29 is 29.3 Å². The summed E-state index contributed by atoms with van der Waals surface area (Å²) >= 11 is 0. The number of benzene rings is 1. The molecule has 36 heavy (non-hydrogen) atoms. The van der Waals surface area contributed by atoms with Gasteiger partial charge in [-0.2, -0.15) is 0 Å². The van der Waals surface area contributed by atoms with Crippen LogP contribution in [0.15, 0.2) is 24.3 Å². The molecule has 0 radical (unpaired) electrons. The normalized spacial score (nSPS) is 29.0. The third-order valence-electron chi connectivity index (χ3n) is 8.45. The molecule has 3 rings (SSSR count). The fraction of sp³-hybridized carbons (Fsp3) is 0.724. The molecule has 0 spiro atoms. The molecule has 7 nitrogen and oxygen atoms in total. The quantitative estimate of drug-likeness (QED) is 0.409. The zero-order chi connectivity index (χ0) is 26.4. The van der Waals surface area contributed by atoms with E-state index in [9.17, 15) is 19.8 Å². The van der Waals surface area contributed by atoms with Crippen LogP contribution in [0.3, 0.4) is 0 Å². The third-order valence-corrected chi connectivity index (χ3v) is 8.45. The first kappa shape index (κ1) is 28.6. The lowest BCUT2D eigenvalue weighted by atomic mass is 9.62. The summed E-state index contributed by atoms with van der Waals surface area (Å²) in [6.07, 6.45) is 4.17. The molecule has 0 aromatic heterocycles. The number of nitrogens with one attached hydrogen (secondary N) is 1. The summed E-state index contributed by atoms with van der Waals surface area (Å²) in [4.78, 5) is 23.6. The van der Waals surface area contributed by atoms with Gasteiger partial charge in [-0.05, 0) is 66.9 Å². The molecule has 2 aliphatic rings. The number of carboxylic acid groups (broad SMARTS) is 1. The Morgan fingerprint density at radius 2 is 1.69 bits per heavy atom. The van der Waals surface area contributed by atoms with Crippen molar-refractivity contribution in [2.75, 3.05) is 6.61 Å². The SMILES string of the molecule is CC1CC[C@@H]2C(CO1)[C@H]([C@@H](C)[C@H](O)OCc1ccc(CC(=O)N[C@H](C(=O)O)C(C)C)cc1)CC[C@H]2C. The van der Waals surface area contributed by atoms with Gasteiger partial charge in [0.1, 0.15) is 6.04 Å². The second-order valence-electron chi connectivity index (χ2n) is 11.4. The van der Waals surface area contributed by atoms with Gasteiger partial charge in [-0.1, -0.05) is 58.4 Å². The lowest BCUT2D eigenvalue weighted by Crippen LogP contribution is -2.44. The molecule has 1 aromatic rings. The van der Waals surface area contributed by atoms with E-state index >= 15 is 0 Å². The van der Waals surface area contributed by atoms with Gasteiger partial charge >= 0.3 is 5.97 Å². The Hall–Kier alpha value is -1.96. The summed E-state index contributed by atoms with van der Waals surface area (Å²) in [5.41, 5.74) is 1.71. The Bertz CT molecular complexity index is 856. The lowest BCUT2D eigenvalue weighted by Gasteiger charge is -2.44. The van der Waals surface area contributed by atoms with Gasteiger partial charge in [0.05, 0.1) is 25.7 Å².